The Kier molecular flexibility index (Phi) is 4.88. The van der Waals surface area contributed by atoms with Crippen LogP contribution < -0.4 is 0 Å². The van der Waals surface area contributed by atoms with Crippen LogP contribution in [0.3, 0.4) is 0 Å². The molecule has 3 unspecified atom stereocenters. The van der Waals surface area contributed by atoms with E-state index in [1.807, 2.05) is 0 Å². The van der Waals surface area contributed by atoms with Crippen LogP contribution in [0.2, 0.25) is 0 Å². The molecule has 0 nitrogen and oxygen atoms in total. The number of hydrogen-bond acceptors (Lipinski definition) is 0. The molecule has 0 heterocycles. The second kappa shape index (κ2) is 5.56. The molecule has 0 aromatic carbocycles. The Morgan fingerprint density at radius 1 is 1.06 bits per heavy atom. The SMILES string of the molecule is CCC(CC)C1CCC(C)CC1C(C)(C)C. The van der Waals surface area contributed by atoms with Crippen molar-refractivity contribution in [1.29, 1.82) is 0 Å². The third-order valence-corrected chi connectivity index (χ3v) is 4.93. The summed E-state index contributed by atoms with van der Waals surface area (Å²) in [4.78, 5) is 0. The Morgan fingerprint density at radius 3 is 2.06 bits per heavy atom. The standard InChI is InChI=1S/C16H32/c1-7-13(8-2)14-10-9-12(3)11-15(14)16(4,5)6/h12-15H,7-11H2,1-6H3. The molecule has 1 rings (SSSR count). The highest BCUT2D eigenvalue weighted by Gasteiger charge is 2.38. The predicted octanol–water partition coefficient (Wildman–Crippen LogP) is 5.52. The van der Waals surface area contributed by atoms with Crippen LogP contribution in [0.15, 0.2) is 0 Å². The summed E-state index contributed by atoms with van der Waals surface area (Å²) in [6, 6.07) is 0. The first-order valence-corrected chi connectivity index (χ1v) is 7.40. The maximum Gasteiger partial charge on any atom is -0.0332 e. The van der Waals surface area contributed by atoms with Crippen molar-refractivity contribution in [1.82, 2.24) is 0 Å². The second-order valence-electron chi connectivity index (χ2n) is 7.13. The Hall–Kier alpha value is 0. The van der Waals surface area contributed by atoms with Gasteiger partial charge in [-0.05, 0) is 41.9 Å². The molecule has 0 aromatic heterocycles. The lowest BCUT2D eigenvalue weighted by atomic mass is 9.60. The average Bonchev–Trinajstić information content (AvgIpc) is 2.20. The van der Waals surface area contributed by atoms with E-state index >= 15 is 0 Å². The minimum atomic E-state index is 0.502. The van der Waals surface area contributed by atoms with Crippen LogP contribution in [0.25, 0.3) is 0 Å². The molecule has 0 aliphatic heterocycles. The van der Waals surface area contributed by atoms with Crippen LogP contribution in [-0.2, 0) is 0 Å². The molecule has 0 radical (unpaired) electrons. The smallest absolute Gasteiger partial charge is 0.0332 e. The highest BCUT2D eigenvalue weighted by atomic mass is 14.4. The molecule has 1 aliphatic rings. The second-order valence-corrected chi connectivity index (χ2v) is 7.13. The van der Waals surface area contributed by atoms with Crippen molar-refractivity contribution >= 4 is 0 Å². The summed E-state index contributed by atoms with van der Waals surface area (Å²) < 4.78 is 0. The van der Waals surface area contributed by atoms with Crippen LogP contribution in [-0.4, -0.2) is 0 Å². The average molecular weight is 224 g/mol. The zero-order valence-electron chi connectivity index (χ0n) is 12.3. The minimum Gasteiger partial charge on any atom is -0.0651 e. The molecule has 16 heavy (non-hydrogen) atoms. The van der Waals surface area contributed by atoms with Gasteiger partial charge < -0.3 is 0 Å². The minimum absolute atomic E-state index is 0.502. The van der Waals surface area contributed by atoms with Gasteiger partial charge in [0.1, 0.15) is 0 Å². The van der Waals surface area contributed by atoms with E-state index in [4.69, 9.17) is 0 Å². The highest BCUT2D eigenvalue weighted by Crippen LogP contribution is 2.48. The summed E-state index contributed by atoms with van der Waals surface area (Å²) in [5.41, 5.74) is 0.502. The number of rotatable bonds is 3. The van der Waals surface area contributed by atoms with Crippen molar-refractivity contribution in [3.63, 3.8) is 0 Å². The van der Waals surface area contributed by atoms with Crippen molar-refractivity contribution in [3.8, 4) is 0 Å². The Morgan fingerprint density at radius 2 is 1.62 bits per heavy atom. The molecule has 1 aliphatic carbocycles. The molecule has 1 saturated carbocycles. The third-order valence-electron chi connectivity index (χ3n) is 4.93. The van der Waals surface area contributed by atoms with Crippen molar-refractivity contribution in [3.05, 3.63) is 0 Å². The van der Waals surface area contributed by atoms with Gasteiger partial charge >= 0.3 is 0 Å². The topological polar surface area (TPSA) is 0 Å². The molecule has 1 fully saturated rings. The zero-order chi connectivity index (χ0) is 12.3. The summed E-state index contributed by atoms with van der Waals surface area (Å²) >= 11 is 0. The van der Waals surface area contributed by atoms with Crippen LogP contribution in [0.5, 0.6) is 0 Å². The highest BCUT2D eigenvalue weighted by molar-refractivity contribution is 4.88. The van der Waals surface area contributed by atoms with Crippen molar-refractivity contribution in [2.45, 2.75) is 73.6 Å². The fraction of sp³-hybridized carbons (Fsp3) is 1.00. The van der Waals surface area contributed by atoms with Gasteiger partial charge in [-0.3, -0.25) is 0 Å². The van der Waals surface area contributed by atoms with E-state index in [1.165, 1.54) is 32.1 Å². The van der Waals surface area contributed by atoms with Gasteiger partial charge in [-0.25, -0.2) is 0 Å². The summed E-state index contributed by atoms with van der Waals surface area (Å²) in [6.45, 7) is 14.6. The lowest BCUT2D eigenvalue weighted by Gasteiger charge is -2.46. The van der Waals surface area contributed by atoms with Crippen LogP contribution in [0.4, 0.5) is 0 Å². The molecule has 3 atom stereocenters. The third kappa shape index (κ3) is 3.25. The summed E-state index contributed by atoms with van der Waals surface area (Å²) in [5.74, 6) is 3.86. The zero-order valence-corrected chi connectivity index (χ0v) is 12.3. The lowest BCUT2D eigenvalue weighted by molar-refractivity contribution is 0.0412. The monoisotopic (exact) mass is 224 g/mol. The molecule has 0 saturated heterocycles. The first kappa shape index (κ1) is 14.1. The van der Waals surface area contributed by atoms with Gasteiger partial charge in [0.2, 0.25) is 0 Å². The molecule has 0 aromatic rings. The van der Waals surface area contributed by atoms with Gasteiger partial charge in [-0.2, -0.15) is 0 Å². The number of hydrogen-bond donors (Lipinski definition) is 0. The van der Waals surface area contributed by atoms with E-state index < -0.39 is 0 Å². The Labute approximate surface area is 103 Å². The molecular formula is C16H32. The van der Waals surface area contributed by atoms with E-state index in [0.717, 1.165) is 23.7 Å². The maximum absolute atomic E-state index is 2.45. The molecular weight excluding hydrogens is 192 g/mol. The van der Waals surface area contributed by atoms with Crippen LogP contribution >= 0.6 is 0 Å². The van der Waals surface area contributed by atoms with E-state index in [-0.39, 0.29) is 0 Å². The summed E-state index contributed by atoms with van der Waals surface area (Å²) in [5, 5.41) is 0. The van der Waals surface area contributed by atoms with E-state index in [0.29, 0.717) is 5.41 Å². The van der Waals surface area contributed by atoms with Crippen LogP contribution in [0.1, 0.15) is 73.6 Å². The first-order valence-electron chi connectivity index (χ1n) is 7.40. The van der Waals surface area contributed by atoms with Gasteiger partial charge in [-0.15, -0.1) is 0 Å². The molecule has 0 N–H and O–H groups in total. The van der Waals surface area contributed by atoms with Crippen molar-refractivity contribution in [2.75, 3.05) is 0 Å². The Bertz CT molecular complexity index is 195. The summed E-state index contributed by atoms with van der Waals surface area (Å²) in [6.07, 6.45) is 7.16. The van der Waals surface area contributed by atoms with Gasteiger partial charge in [0.15, 0.2) is 0 Å². The molecule has 0 bridgehead atoms. The van der Waals surface area contributed by atoms with E-state index in [9.17, 15) is 0 Å². The van der Waals surface area contributed by atoms with Crippen molar-refractivity contribution < 1.29 is 0 Å². The van der Waals surface area contributed by atoms with Crippen molar-refractivity contribution in [2.24, 2.45) is 29.1 Å². The quantitative estimate of drug-likeness (QED) is 0.592. The summed E-state index contributed by atoms with van der Waals surface area (Å²) in [7, 11) is 0. The van der Waals surface area contributed by atoms with Crippen LogP contribution in [0, 0.1) is 29.1 Å². The molecule has 96 valence electrons. The first-order chi connectivity index (χ1) is 7.40. The van der Waals surface area contributed by atoms with Gasteiger partial charge in [0, 0.05) is 0 Å². The van der Waals surface area contributed by atoms with Gasteiger partial charge in [0.25, 0.3) is 0 Å². The Balaban J connectivity index is 2.79. The van der Waals surface area contributed by atoms with E-state index in [1.54, 1.807) is 0 Å². The predicted molar refractivity (Wildman–Crippen MR) is 73.5 cm³/mol. The van der Waals surface area contributed by atoms with Gasteiger partial charge in [-0.1, -0.05) is 60.8 Å². The fourth-order valence-electron chi connectivity index (χ4n) is 3.86. The largest absolute Gasteiger partial charge is 0.0651 e. The van der Waals surface area contributed by atoms with E-state index in [2.05, 4.69) is 41.5 Å². The fourth-order valence-corrected chi connectivity index (χ4v) is 3.86. The molecule has 0 amide bonds. The lowest BCUT2D eigenvalue weighted by Crippen LogP contribution is -2.37. The molecule has 0 heteroatoms. The normalized spacial score (nSPS) is 32.1. The molecule has 0 spiro atoms. The van der Waals surface area contributed by atoms with Gasteiger partial charge in [0.05, 0.1) is 0 Å². The maximum atomic E-state index is 2.45.